The molecule has 0 heterocycles. The van der Waals surface area contributed by atoms with Gasteiger partial charge in [0.05, 0.1) is 32.7 Å². The van der Waals surface area contributed by atoms with Crippen LogP contribution in [0.15, 0.2) is 0 Å². The second kappa shape index (κ2) is 8.96. The van der Waals surface area contributed by atoms with Gasteiger partial charge in [-0.25, -0.2) is 10.1 Å². The van der Waals surface area contributed by atoms with E-state index in [-0.39, 0.29) is 39.1 Å². The van der Waals surface area contributed by atoms with E-state index in [0.29, 0.717) is 0 Å². The molecule has 0 spiro atoms. The van der Waals surface area contributed by atoms with Crippen molar-refractivity contribution in [1.82, 2.24) is 5.01 Å². The summed E-state index contributed by atoms with van der Waals surface area (Å²) in [5, 5.41) is 19.6. The molecule has 0 aromatic rings. The lowest BCUT2D eigenvalue weighted by Crippen LogP contribution is -2.34. The quantitative estimate of drug-likeness (QED) is 0.234. The van der Waals surface area contributed by atoms with E-state index in [0.717, 1.165) is 5.01 Å². The Balaban J connectivity index is 3.89. The highest BCUT2D eigenvalue weighted by Gasteiger charge is 2.16. The van der Waals surface area contributed by atoms with E-state index in [9.17, 15) is 25.0 Å². The molecule has 104 valence electrons. The van der Waals surface area contributed by atoms with E-state index in [1.807, 2.05) is 0 Å². The second-order valence-corrected chi connectivity index (χ2v) is 3.16. The van der Waals surface area contributed by atoms with Crippen LogP contribution in [0.2, 0.25) is 0 Å². The minimum atomic E-state index is -0.963. The molecule has 0 unspecified atom stereocenters. The van der Waals surface area contributed by atoms with Gasteiger partial charge in [0.1, 0.15) is 0 Å². The van der Waals surface area contributed by atoms with Crippen LogP contribution >= 0.6 is 0 Å². The normalized spacial score (nSPS) is 9.61. The summed E-state index contributed by atoms with van der Waals surface area (Å²) in [6, 6.07) is 0. The molecule has 0 amide bonds. The van der Waals surface area contributed by atoms with Gasteiger partial charge < -0.3 is 9.57 Å². The Kier molecular flexibility index (Phi) is 7.90. The van der Waals surface area contributed by atoms with Gasteiger partial charge in [-0.3, -0.25) is 4.79 Å². The number of carbonyl (C=O) groups is 1. The van der Waals surface area contributed by atoms with Gasteiger partial charge >= 0.3 is 5.97 Å². The molecule has 18 heavy (non-hydrogen) atoms. The molecule has 0 rings (SSSR count). The first-order valence-electron chi connectivity index (χ1n) is 5.29. The molecule has 0 N–H and O–H groups in total. The number of esters is 1. The molecular formula is C8H15N3O7. The molecule has 0 aliphatic rings. The van der Waals surface area contributed by atoms with E-state index in [1.165, 1.54) is 0 Å². The number of rotatable bonds is 10. The SMILES string of the molecule is CCOC(=O)CCN(CCCO[N+](=O)[O-])[N+](=O)[O-]. The number of nitro groups is 1. The van der Waals surface area contributed by atoms with Gasteiger partial charge in [0.15, 0.2) is 5.03 Å². The van der Waals surface area contributed by atoms with Crippen molar-refractivity contribution in [2.75, 3.05) is 26.3 Å². The Morgan fingerprint density at radius 3 is 2.44 bits per heavy atom. The summed E-state index contributed by atoms with van der Waals surface area (Å²) in [5.74, 6) is -0.522. The van der Waals surface area contributed by atoms with Crippen molar-refractivity contribution in [1.29, 1.82) is 0 Å². The van der Waals surface area contributed by atoms with Gasteiger partial charge in [0.2, 0.25) is 0 Å². The van der Waals surface area contributed by atoms with Gasteiger partial charge in [0, 0.05) is 0 Å². The predicted molar refractivity (Wildman–Crippen MR) is 57.4 cm³/mol. The van der Waals surface area contributed by atoms with E-state index in [4.69, 9.17) is 0 Å². The van der Waals surface area contributed by atoms with Crippen molar-refractivity contribution in [3.05, 3.63) is 20.2 Å². The van der Waals surface area contributed by atoms with Crippen molar-refractivity contribution in [2.24, 2.45) is 0 Å². The third-order valence-electron chi connectivity index (χ3n) is 1.87. The van der Waals surface area contributed by atoms with Crippen LogP contribution in [-0.2, 0) is 14.4 Å². The van der Waals surface area contributed by atoms with Gasteiger partial charge in [-0.2, -0.15) is 0 Å². The Bertz CT molecular complexity index is 296. The Hall–Kier alpha value is -2.13. The van der Waals surface area contributed by atoms with Crippen molar-refractivity contribution >= 4 is 5.97 Å². The third-order valence-corrected chi connectivity index (χ3v) is 1.87. The molecular weight excluding hydrogens is 250 g/mol. The van der Waals surface area contributed by atoms with E-state index in [1.54, 1.807) is 6.92 Å². The molecule has 0 aromatic carbocycles. The first-order chi connectivity index (χ1) is 8.47. The molecule has 10 heteroatoms. The van der Waals surface area contributed by atoms with Crippen LogP contribution in [0.1, 0.15) is 19.8 Å². The topological polar surface area (TPSA) is 125 Å². The summed E-state index contributed by atoms with van der Waals surface area (Å²) < 4.78 is 4.63. The summed E-state index contributed by atoms with van der Waals surface area (Å²) in [6.07, 6.45) is 0.00962. The number of hydrazine groups is 1. The van der Waals surface area contributed by atoms with Crippen molar-refractivity contribution < 1.29 is 24.5 Å². The van der Waals surface area contributed by atoms with Crippen molar-refractivity contribution in [2.45, 2.75) is 19.8 Å². The van der Waals surface area contributed by atoms with Crippen LogP contribution in [0, 0.1) is 20.2 Å². The van der Waals surface area contributed by atoms with Crippen LogP contribution < -0.4 is 0 Å². The molecule has 0 aliphatic heterocycles. The number of hydrogen-bond donors (Lipinski definition) is 0. The lowest BCUT2D eigenvalue weighted by molar-refractivity contribution is -0.758. The summed E-state index contributed by atoms with van der Waals surface area (Å²) in [4.78, 5) is 35.5. The summed E-state index contributed by atoms with van der Waals surface area (Å²) >= 11 is 0. The average Bonchev–Trinajstić information content (AvgIpc) is 2.27. The number of nitrogens with zero attached hydrogens (tertiary/aromatic N) is 3. The third kappa shape index (κ3) is 8.07. The Morgan fingerprint density at radius 1 is 1.28 bits per heavy atom. The fourth-order valence-corrected chi connectivity index (χ4v) is 1.11. The summed E-state index contributed by atoms with van der Waals surface area (Å²) in [6.45, 7) is 1.48. The Labute approximate surface area is 103 Å². The smallest absolute Gasteiger partial charge is 0.307 e. The fourth-order valence-electron chi connectivity index (χ4n) is 1.11. The fraction of sp³-hybridized carbons (Fsp3) is 0.875. The highest BCUT2D eigenvalue weighted by Crippen LogP contribution is 1.97. The first-order valence-corrected chi connectivity index (χ1v) is 5.29. The number of ether oxygens (including phenoxy) is 1. The van der Waals surface area contributed by atoms with Crippen molar-refractivity contribution in [3.8, 4) is 0 Å². The zero-order valence-corrected chi connectivity index (χ0v) is 9.94. The van der Waals surface area contributed by atoms with Gasteiger partial charge in [0.25, 0.3) is 5.09 Å². The van der Waals surface area contributed by atoms with E-state index < -0.39 is 16.1 Å². The molecule has 0 radical (unpaired) electrons. The Morgan fingerprint density at radius 2 is 1.94 bits per heavy atom. The van der Waals surface area contributed by atoms with Crippen LogP contribution in [0.4, 0.5) is 0 Å². The van der Waals surface area contributed by atoms with Crippen molar-refractivity contribution in [3.63, 3.8) is 0 Å². The molecule has 10 nitrogen and oxygen atoms in total. The predicted octanol–water partition coefficient (Wildman–Crippen LogP) is 0.0317. The maximum Gasteiger partial charge on any atom is 0.307 e. The van der Waals surface area contributed by atoms with Gasteiger partial charge in [-0.1, -0.05) is 0 Å². The lowest BCUT2D eigenvalue weighted by atomic mass is 10.4. The molecule has 0 fully saturated rings. The van der Waals surface area contributed by atoms with Crippen LogP contribution in [0.25, 0.3) is 0 Å². The second-order valence-electron chi connectivity index (χ2n) is 3.16. The van der Waals surface area contributed by atoms with E-state index >= 15 is 0 Å². The van der Waals surface area contributed by atoms with Gasteiger partial charge in [-0.15, -0.1) is 15.1 Å². The van der Waals surface area contributed by atoms with Crippen LogP contribution in [0.5, 0.6) is 0 Å². The zero-order chi connectivity index (χ0) is 14.0. The molecule has 0 saturated heterocycles. The van der Waals surface area contributed by atoms with Gasteiger partial charge in [-0.05, 0) is 13.3 Å². The lowest BCUT2D eigenvalue weighted by Gasteiger charge is -2.13. The first kappa shape index (κ1) is 15.9. The monoisotopic (exact) mass is 265 g/mol. The maximum absolute atomic E-state index is 11.0. The standard InChI is InChI=1S/C8H15N3O7/c1-2-17-8(12)4-6-9(10(13)14)5-3-7-18-11(15)16/h2-7H2,1H3. The minimum absolute atomic E-state index is 0.0414. The molecule has 0 atom stereocenters. The molecule has 0 saturated carbocycles. The largest absolute Gasteiger partial charge is 0.466 e. The zero-order valence-electron chi connectivity index (χ0n) is 9.94. The highest BCUT2D eigenvalue weighted by atomic mass is 16.9. The molecule has 0 aliphatic carbocycles. The van der Waals surface area contributed by atoms with Crippen LogP contribution in [0.3, 0.4) is 0 Å². The van der Waals surface area contributed by atoms with E-state index in [2.05, 4.69) is 9.57 Å². The summed E-state index contributed by atoms with van der Waals surface area (Å²) in [7, 11) is 0. The number of carbonyl (C=O) groups excluding carboxylic acids is 1. The maximum atomic E-state index is 11.0. The number of hydrogen-bond acceptors (Lipinski definition) is 7. The summed E-state index contributed by atoms with van der Waals surface area (Å²) in [5.41, 5.74) is 0. The molecule has 0 bridgehead atoms. The highest BCUT2D eigenvalue weighted by molar-refractivity contribution is 5.69. The average molecular weight is 265 g/mol. The minimum Gasteiger partial charge on any atom is -0.466 e. The molecule has 0 aromatic heterocycles. The van der Waals surface area contributed by atoms with Crippen LogP contribution in [-0.4, -0.2) is 47.4 Å².